The van der Waals surface area contributed by atoms with Gasteiger partial charge in [0.05, 0.1) is 11.9 Å². The molecule has 0 saturated heterocycles. The molecule has 23 heavy (non-hydrogen) atoms. The summed E-state index contributed by atoms with van der Waals surface area (Å²) in [6, 6.07) is 8.19. The van der Waals surface area contributed by atoms with Gasteiger partial charge < -0.3 is 5.32 Å². The van der Waals surface area contributed by atoms with Crippen molar-refractivity contribution in [3.8, 4) is 0 Å². The van der Waals surface area contributed by atoms with Gasteiger partial charge in [0.2, 0.25) is 5.91 Å². The fraction of sp³-hybridized carbons (Fsp3) is 0.500. The summed E-state index contributed by atoms with van der Waals surface area (Å²) in [4.78, 5) is 12.1. The molecule has 2 rings (SSSR count). The highest BCUT2D eigenvalue weighted by atomic mass is 32.2. The molecule has 1 atom stereocenters. The third-order valence-corrected chi connectivity index (χ3v) is 4.68. The number of carbonyl (C=O) groups excluding carboxylic acids is 1. The summed E-state index contributed by atoms with van der Waals surface area (Å²) in [6.07, 6.45) is 5.14. The lowest BCUT2D eigenvalue weighted by Crippen LogP contribution is -2.33. The SMILES string of the molecule is CC(C)CCCC(C)NC(=O)CSc1nncc2ccccc12. The molecule has 0 aliphatic rings. The van der Waals surface area contributed by atoms with Crippen molar-refractivity contribution < 1.29 is 4.79 Å². The van der Waals surface area contributed by atoms with Gasteiger partial charge in [0.15, 0.2) is 0 Å². The first-order chi connectivity index (χ1) is 11.1. The topological polar surface area (TPSA) is 54.9 Å². The molecular formula is C18H25N3OS. The maximum atomic E-state index is 12.1. The number of aromatic nitrogens is 2. The number of hydrogen-bond acceptors (Lipinski definition) is 4. The van der Waals surface area contributed by atoms with Crippen LogP contribution in [0.15, 0.2) is 35.5 Å². The second-order valence-corrected chi connectivity index (χ2v) is 7.28. The normalized spacial score (nSPS) is 12.5. The third-order valence-electron chi connectivity index (χ3n) is 3.70. The molecule has 1 heterocycles. The lowest BCUT2D eigenvalue weighted by atomic mass is 10.0. The number of nitrogens with zero attached hydrogens (tertiary/aromatic N) is 2. The van der Waals surface area contributed by atoms with Crippen molar-refractivity contribution in [2.24, 2.45) is 5.92 Å². The number of hydrogen-bond donors (Lipinski definition) is 1. The van der Waals surface area contributed by atoms with E-state index in [4.69, 9.17) is 0 Å². The van der Waals surface area contributed by atoms with E-state index in [-0.39, 0.29) is 11.9 Å². The number of thioether (sulfide) groups is 1. The lowest BCUT2D eigenvalue weighted by molar-refractivity contribution is -0.119. The van der Waals surface area contributed by atoms with Crippen molar-refractivity contribution in [1.29, 1.82) is 0 Å². The molecular weight excluding hydrogens is 306 g/mol. The molecule has 0 aliphatic carbocycles. The molecule has 5 heteroatoms. The van der Waals surface area contributed by atoms with Crippen LogP contribution < -0.4 is 5.32 Å². The van der Waals surface area contributed by atoms with E-state index in [1.165, 1.54) is 18.2 Å². The van der Waals surface area contributed by atoms with E-state index < -0.39 is 0 Å². The van der Waals surface area contributed by atoms with Crippen LogP contribution in [0.5, 0.6) is 0 Å². The molecule has 0 radical (unpaired) electrons. The van der Waals surface area contributed by atoms with E-state index in [0.717, 1.165) is 34.6 Å². The minimum atomic E-state index is 0.0572. The van der Waals surface area contributed by atoms with Gasteiger partial charge in [-0.25, -0.2) is 0 Å². The smallest absolute Gasteiger partial charge is 0.230 e. The van der Waals surface area contributed by atoms with Gasteiger partial charge in [0.25, 0.3) is 0 Å². The number of fused-ring (bicyclic) bond motifs is 1. The molecule has 1 N–H and O–H groups in total. The van der Waals surface area contributed by atoms with Crippen LogP contribution in [-0.4, -0.2) is 27.9 Å². The number of nitrogens with one attached hydrogen (secondary N) is 1. The summed E-state index contributed by atoms with van der Waals surface area (Å²) in [6.45, 7) is 6.52. The van der Waals surface area contributed by atoms with Crippen molar-refractivity contribution in [3.05, 3.63) is 30.5 Å². The summed E-state index contributed by atoms with van der Waals surface area (Å²) in [7, 11) is 0. The zero-order valence-electron chi connectivity index (χ0n) is 14.1. The zero-order chi connectivity index (χ0) is 16.7. The Morgan fingerprint density at radius 1 is 1.22 bits per heavy atom. The number of carbonyl (C=O) groups is 1. The highest BCUT2D eigenvalue weighted by Crippen LogP contribution is 2.24. The van der Waals surface area contributed by atoms with E-state index in [9.17, 15) is 4.79 Å². The zero-order valence-corrected chi connectivity index (χ0v) is 14.9. The van der Waals surface area contributed by atoms with Gasteiger partial charge in [-0.15, -0.1) is 5.10 Å². The van der Waals surface area contributed by atoms with Crippen LogP contribution in [0.25, 0.3) is 10.8 Å². The standard InChI is InChI=1S/C18H25N3OS/c1-13(2)7-6-8-14(3)20-17(22)12-23-18-16-10-5-4-9-15(16)11-19-21-18/h4-5,9-11,13-14H,6-8,12H2,1-3H3,(H,20,22). The van der Waals surface area contributed by atoms with Crippen molar-refractivity contribution in [2.45, 2.75) is 51.1 Å². The van der Waals surface area contributed by atoms with E-state index >= 15 is 0 Å². The Balaban J connectivity index is 1.82. The number of benzene rings is 1. The summed E-state index contributed by atoms with van der Waals surface area (Å²) in [5.41, 5.74) is 0. The van der Waals surface area contributed by atoms with Crippen LogP contribution in [0, 0.1) is 5.92 Å². The highest BCUT2D eigenvalue weighted by molar-refractivity contribution is 8.00. The Hall–Kier alpha value is -1.62. The largest absolute Gasteiger partial charge is 0.353 e. The van der Waals surface area contributed by atoms with Gasteiger partial charge in [0, 0.05) is 16.8 Å². The molecule has 124 valence electrons. The predicted octanol–water partition coefficient (Wildman–Crippen LogP) is 4.05. The first kappa shape index (κ1) is 17.7. The summed E-state index contributed by atoms with van der Waals surface area (Å²) >= 11 is 1.44. The van der Waals surface area contributed by atoms with E-state index in [1.54, 1.807) is 6.20 Å². The minimum absolute atomic E-state index is 0.0572. The van der Waals surface area contributed by atoms with Crippen LogP contribution in [0.4, 0.5) is 0 Å². The highest BCUT2D eigenvalue weighted by Gasteiger charge is 2.10. The van der Waals surface area contributed by atoms with Crippen molar-refractivity contribution >= 4 is 28.4 Å². The van der Waals surface area contributed by atoms with Gasteiger partial charge >= 0.3 is 0 Å². The van der Waals surface area contributed by atoms with E-state index in [2.05, 4.69) is 36.3 Å². The Kier molecular flexibility index (Phi) is 6.84. The second-order valence-electron chi connectivity index (χ2n) is 6.32. The molecule has 0 spiro atoms. The molecule has 2 aromatic rings. The number of amides is 1. The molecule has 1 aromatic heterocycles. The molecule has 0 fully saturated rings. The van der Waals surface area contributed by atoms with Crippen molar-refractivity contribution in [3.63, 3.8) is 0 Å². The molecule has 0 aliphatic heterocycles. The fourth-order valence-corrected chi connectivity index (χ4v) is 3.26. The maximum Gasteiger partial charge on any atom is 0.230 e. The Morgan fingerprint density at radius 3 is 2.78 bits per heavy atom. The molecule has 4 nitrogen and oxygen atoms in total. The molecule has 0 saturated carbocycles. The summed E-state index contributed by atoms with van der Waals surface area (Å²) < 4.78 is 0. The summed E-state index contributed by atoms with van der Waals surface area (Å²) in [5.74, 6) is 1.15. The van der Waals surface area contributed by atoms with Gasteiger partial charge in [0.1, 0.15) is 5.03 Å². The minimum Gasteiger partial charge on any atom is -0.353 e. The van der Waals surface area contributed by atoms with E-state index in [1.807, 2.05) is 24.3 Å². The van der Waals surface area contributed by atoms with Crippen LogP contribution in [0.3, 0.4) is 0 Å². The first-order valence-corrected chi connectivity index (χ1v) is 9.17. The number of rotatable bonds is 8. The Bertz CT molecular complexity index is 640. The van der Waals surface area contributed by atoms with E-state index in [0.29, 0.717) is 5.75 Å². The first-order valence-electron chi connectivity index (χ1n) is 8.19. The fourth-order valence-electron chi connectivity index (χ4n) is 2.46. The average Bonchev–Trinajstić information content (AvgIpc) is 2.52. The van der Waals surface area contributed by atoms with Gasteiger partial charge in [-0.3, -0.25) is 4.79 Å². The van der Waals surface area contributed by atoms with Crippen molar-refractivity contribution in [1.82, 2.24) is 15.5 Å². The molecule has 1 amide bonds. The van der Waals surface area contributed by atoms with Gasteiger partial charge in [-0.1, -0.05) is 62.7 Å². The maximum absolute atomic E-state index is 12.1. The third kappa shape index (κ3) is 5.82. The van der Waals surface area contributed by atoms with Gasteiger partial charge in [-0.05, 0) is 19.3 Å². The van der Waals surface area contributed by atoms with Crippen LogP contribution >= 0.6 is 11.8 Å². The average molecular weight is 331 g/mol. The van der Waals surface area contributed by atoms with Gasteiger partial charge in [-0.2, -0.15) is 5.10 Å². The van der Waals surface area contributed by atoms with Crippen molar-refractivity contribution in [2.75, 3.05) is 5.75 Å². The Morgan fingerprint density at radius 2 is 2.00 bits per heavy atom. The lowest BCUT2D eigenvalue weighted by Gasteiger charge is -2.14. The van der Waals surface area contributed by atoms with Crippen LogP contribution in [0.1, 0.15) is 40.0 Å². The Labute approximate surface area is 142 Å². The summed E-state index contributed by atoms with van der Waals surface area (Å²) in [5, 5.41) is 14.1. The molecule has 1 unspecified atom stereocenters. The quantitative estimate of drug-likeness (QED) is 0.741. The monoisotopic (exact) mass is 331 g/mol. The molecule has 0 bridgehead atoms. The molecule has 1 aromatic carbocycles. The second kappa shape index (κ2) is 8.87. The predicted molar refractivity (Wildman–Crippen MR) is 96.6 cm³/mol. The van der Waals surface area contributed by atoms with Crippen LogP contribution in [-0.2, 0) is 4.79 Å². The van der Waals surface area contributed by atoms with Crippen LogP contribution in [0.2, 0.25) is 0 Å².